The summed E-state index contributed by atoms with van der Waals surface area (Å²) in [5.41, 5.74) is 9.32. The molecule has 0 fully saturated rings. The van der Waals surface area contributed by atoms with Crippen molar-refractivity contribution in [2.75, 3.05) is 5.73 Å². The molecule has 106 valence electrons. The smallest absolute Gasteiger partial charge is 0.190 e. The van der Waals surface area contributed by atoms with Gasteiger partial charge >= 0.3 is 0 Å². The van der Waals surface area contributed by atoms with E-state index in [2.05, 4.69) is 34.6 Å². The predicted molar refractivity (Wildman–Crippen MR) is 83.4 cm³/mol. The molecule has 3 rings (SSSR count). The molecule has 0 atom stereocenters. The van der Waals surface area contributed by atoms with Gasteiger partial charge in [0.2, 0.25) is 0 Å². The van der Waals surface area contributed by atoms with Gasteiger partial charge in [-0.2, -0.15) is 4.68 Å². The Morgan fingerprint density at radius 1 is 1.14 bits per heavy atom. The van der Waals surface area contributed by atoms with Gasteiger partial charge in [0.1, 0.15) is 0 Å². The van der Waals surface area contributed by atoms with E-state index in [0.29, 0.717) is 22.1 Å². The van der Waals surface area contributed by atoms with Gasteiger partial charge in [-0.15, -0.1) is 5.10 Å². The maximum atomic E-state index is 6.24. The van der Waals surface area contributed by atoms with Gasteiger partial charge in [-0.3, -0.25) is 0 Å². The first-order chi connectivity index (χ1) is 10.2. The number of nitrogens with zero attached hydrogens (tertiary/aromatic N) is 4. The average Bonchev–Trinajstić information content (AvgIpc) is 2.96. The Hall–Kier alpha value is -2.40. The first kappa shape index (κ1) is 13.6. The normalized spacial score (nSPS) is 10.8. The van der Waals surface area contributed by atoms with Crippen LogP contribution < -0.4 is 5.73 Å². The van der Waals surface area contributed by atoms with Crippen LogP contribution in [0, 0.1) is 0 Å². The van der Waals surface area contributed by atoms with E-state index < -0.39 is 0 Å². The van der Waals surface area contributed by atoms with E-state index in [4.69, 9.17) is 17.3 Å². The summed E-state index contributed by atoms with van der Waals surface area (Å²) in [6.07, 6.45) is 0.986. The van der Waals surface area contributed by atoms with Crippen LogP contribution >= 0.6 is 11.6 Å². The van der Waals surface area contributed by atoms with E-state index in [9.17, 15) is 0 Å². The van der Waals surface area contributed by atoms with Crippen molar-refractivity contribution < 1.29 is 0 Å². The minimum atomic E-state index is 0.524. The van der Waals surface area contributed by atoms with Crippen molar-refractivity contribution >= 4 is 17.3 Å². The number of benzene rings is 2. The number of anilines is 1. The quantitative estimate of drug-likeness (QED) is 0.754. The molecule has 1 heterocycles. The summed E-state index contributed by atoms with van der Waals surface area (Å²) in [4.78, 5) is 0. The van der Waals surface area contributed by atoms with Crippen LogP contribution in [0.5, 0.6) is 0 Å². The van der Waals surface area contributed by atoms with Gasteiger partial charge in [-0.1, -0.05) is 36.7 Å². The molecule has 0 amide bonds. The van der Waals surface area contributed by atoms with Gasteiger partial charge < -0.3 is 5.73 Å². The minimum absolute atomic E-state index is 0.524. The Balaban J connectivity index is 2.12. The van der Waals surface area contributed by atoms with E-state index in [1.165, 1.54) is 5.56 Å². The molecule has 0 spiro atoms. The van der Waals surface area contributed by atoms with Crippen LogP contribution in [0.2, 0.25) is 5.02 Å². The number of aryl methyl sites for hydroxylation is 1. The summed E-state index contributed by atoms with van der Waals surface area (Å²) in [7, 11) is 0. The molecule has 0 radical (unpaired) electrons. The number of halogens is 1. The van der Waals surface area contributed by atoms with Gasteiger partial charge in [0.25, 0.3) is 0 Å². The van der Waals surface area contributed by atoms with Crippen molar-refractivity contribution in [2.24, 2.45) is 0 Å². The van der Waals surface area contributed by atoms with Crippen LogP contribution in [0.1, 0.15) is 12.5 Å². The Morgan fingerprint density at radius 2 is 1.90 bits per heavy atom. The zero-order chi connectivity index (χ0) is 14.8. The molecule has 0 unspecified atom stereocenters. The fourth-order valence-corrected chi connectivity index (χ4v) is 2.43. The van der Waals surface area contributed by atoms with Crippen LogP contribution in [-0.2, 0) is 6.42 Å². The molecular weight excluding hydrogens is 286 g/mol. The van der Waals surface area contributed by atoms with E-state index in [1.54, 1.807) is 22.9 Å². The Morgan fingerprint density at radius 3 is 2.57 bits per heavy atom. The summed E-state index contributed by atoms with van der Waals surface area (Å²) in [5, 5.41) is 12.4. The second kappa shape index (κ2) is 5.54. The summed E-state index contributed by atoms with van der Waals surface area (Å²) in [5.74, 6) is 0.530. The number of hydrogen-bond acceptors (Lipinski definition) is 4. The monoisotopic (exact) mass is 299 g/mol. The molecular formula is C15H14ClN5. The largest absolute Gasteiger partial charge is 0.398 e. The number of rotatable bonds is 3. The second-order valence-corrected chi connectivity index (χ2v) is 5.05. The lowest BCUT2D eigenvalue weighted by atomic mass is 10.1. The highest BCUT2D eigenvalue weighted by Gasteiger charge is 2.16. The lowest BCUT2D eigenvalue weighted by Crippen LogP contribution is -2.02. The third-order valence-electron chi connectivity index (χ3n) is 3.33. The van der Waals surface area contributed by atoms with Gasteiger partial charge in [0.15, 0.2) is 5.82 Å². The highest BCUT2D eigenvalue weighted by atomic mass is 35.5. The van der Waals surface area contributed by atoms with Crippen molar-refractivity contribution in [1.29, 1.82) is 0 Å². The zero-order valence-electron chi connectivity index (χ0n) is 11.5. The summed E-state index contributed by atoms with van der Waals surface area (Å²) >= 11 is 6.24. The van der Waals surface area contributed by atoms with Crippen LogP contribution in [0.4, 0.5) is 5.69 Å². The second-order valence-electron chi connectivity index (χ2n) is 4.64. The van der Waals surface area contributed by atoms with Gasteiger partial charge in [-0.05, 0) is 46.7 Å². The van der Waals surface area contributed by atoms with E-state index in [1.807, 2.05) is 12.1 Å². The molecule has 0 saturated carbocycles. The molecule has 0 saturated heterocycles. The lowest BCUT2D eigenvalue weighted by molar-refractivity contribution is 0.791. The van der Waals surface area contributed by atoms with Crippen molar-refractivity contribution in [3.05, 3.63) is 53.1 Å². The number of hydrogen-bond donors (Lipinski definition) is 1. The molecule has 5 nitrogen and oxygen atoms in total. The van der Waals surface area contributed by atoms with E-state index in [-0.39, 0.29) is 0 Å². The Labute approximate surface area is 127 Å². The highest BCUT2D eigenvalue weighted by Crippen LogP contribution is 2.32. The first-order valence-electron chi connectivity index (χ1n) is 6.62. The fraction of sp³-hybridized carbons (Fsp3) is 0.133. The highest BCUT2D eigenvalue weighted by molar-refractivity contribution is 6.33. The third-order valence-corrected chi connectivity index (χ3v) is 3.64. The number of nitrogens with two attached hydrogens (primary N) is 1. The fourth-order valence-electron chi connectivity index (χ4n) is 2.17. The van der Waals surface area contributed by atoms with Gasteiger partial charge in [0.05, 0.1) is 16.3 Å². The SMILES string of the molecule is CCc1ccc(-n2nnnc2-c2c(N)cccc2Cl)cc1. The van der Waals surface area contributed by atoms with Crippen LogP contribution in [0.25, 0.3) is 17.1 Å². The average molecular weight is 300 g/mol. The maximum Gasteiger partial charge on any atom is 0.190 e. The summed E-state index contributed by atoms with van der Waals surface area (Å²) in [6.45, 7) is 2.11. The number of tetrazole rings is 1. The van der Waals surface area contributed by atoms with Crippen LogP contribution in [0.3, 0.4) is 0 Å². The summed E-state index contributed by atoms with van der Waals surface area (Å²) < 4.78 is 1.64. The summed E-state index contributed by atoms with van der Waals surface area (Å²) in [6, 6.07) is 13.4. The maximum absolute atomic E-state index is 6.24. The predicted octanol–water partition coefficient (Wildman–Crippen LogP) is 3.13. The van der Waals surface area contributed by atoms with E-state index >= 15 is 0 Å². The lowest BCUT2D eigenvalue weighted by Gasteiger charge is -2.09. The molecule has 6 heteroatoms. The van der Waals surface area contributed by atoms with E-state index in [0.717, 1.165) is 12.1 Å². The van der Waals surface area contributed by atoms with Crippen molar-refractivity contribution in [3.63, 3.8) is 0 Å². The van der Waals surface area contributed by atoms with Gasteiger partial charge in [0, 0.05) is 5.69 Å². The molecule has 1 aromatic heterocycles. The molecule has 0 bridgehead atoms. The van der Waals surface area contributed by atoms with Crippen molar-refractivity contribution in [1.82, 2.24) is 20.2 Å². The number of aromatic nitrogens is 4. The molecule has 3 aromatic rings. The molecule has 2 N–H and O–H groups in total. The zero-order valence-corrected chi connectivity index (χ0v) is 12.2. The topological polar surface area (TPSA) is 69.6 Å². The Bertz CT molecular complexity index is 744. The first-order valence-corrected chi connectivity index (χ1v) is 7.00. The molecule has 0 aliphatic carbocycles. The Kier molecular flexibility index (Phi) is 3.58. The standard InChI is InChI=1S/C15H14ClN5/c1-2-10-6-8-11(9-7-10)21-15(18-19-20-21)14-12(16)4-3-5-13(14)17/h3-9H,2,17H2,1H3. The van der Waals surface area contributed by atoms with Crippen LogP contribution in [-0.4, -0.2) is 20.2 Å². The molecule has 0 aliphatic heterocycles. The van der Waals surface area contributed by atoms with Crippen molar-refractivity contribution in [3.8, 4) is 17.1 Å². The minimum Gasteiger partial charge on any atom is -0.398 e. The number of nitrogen functional groups attached to an aromatic ring is 1. The van der Waals surface area contributed by atoms with Crippen LogP contribution in [0.15, 0.2) is 42.5 Å². The molecule has 21 heavy (non-hydrogen) atoms. The van der Waals surface area contributed by atoms with Gasteiger partial charge in [-0.25, -0.2) is 0 Å². The molecule has 0 aliphatic rings. The third kappa shape index (κ3) is 2.48. The van der Waals surface area contributed by atoms with Crippen molar-refractivity contribution in [2.45, 2.75) is 13.3 Å². The molecule has 2 aromatic carbocycles.